The molecule has 1 saturated heterocycles. The molecule has 4 rings (SSSR count). The molecular formula is C25H21NO4. The van der Waals surface area contributed by atoms with Crippen LogP contribution in [0.1, 0.15) is 29.7 Å². The van der Waals surface area contributed by atoms with Crippen molar-refractivity contribution in [3.63, 3.8) is 0 Å². The minimum Gasteiger partial charge on any atom is -0.508 e. The lowest BCUT2D eigenvalue weighted by Crippen LogP contribution is -2.29. The number of aliphatic hydroxyl groups excluding tert-OH is 1. The van der Waals surface area contributed by atoms with Gasteiger partial charge in [-0.2, -0.15) is 0 Å². The van der Waals surface area contributed by atoms with Crippen molar-refractivity contribution in [2.75, 3.05) is 4.90 Å². The van der Waals surface area contributed by atoms with E-state index in [0.29, 0.717) is 16.8 Å². The summed E-state index contributed by atoms with van der Waals surface area (Å²) in [6, 6.07) is 21.6. The van der Waals surface area contributed by atoms with Crippen molar-refractivity contribution < 1.29 is 19.8 Å². The Morgan fingerprint density at radius 3 is 2.13 bits per heavy atom. The van der Waals surface area contributed by atoms with Crippen LogP contribution in [-0.2, 0) is 16.0 Å². The maximum atomic E-state index is 13.0. The fourth-order valence-corrected chi connectivity index (χ4v) is 3.71. The topological polar surface area (TPSA) is 77.8 Å². The van der Waals surface area contributed by atoms with Crippen LogP contribution in [0.15, 0.2) is 84.4 Å². The highest BCUT2D eigenvalue weighted by molar-refractivity contribution is 6.51. The Bertz CT molecular complexity index is 1120. The van der Waals surface area contributed by atoms with Gasteiger partial charge in [0.1, 0.15) is 11.5 Å². The molecule has 3 aromatic rings. The van der Waals surface area contributed by atoms with Crippen LogP contribution >= 0.6 is 0 Å². The number of rotatable bonds is 4. The first-order chi connectivity index (χ1) is 14.5. The Hall–Kier alpha value is -3.86. The first-order valence-corrected chi connectivity index (χ1v) is 9.75. The van der Waals surface area contributed by atoms with Crippen molar-refractivity contribution in [2.45, 2.75) is 19.4 Å². The SMILES string of the molecule is CCc1ccc(N2C(=O)C(=O)/C(=C(/O)c3ccccc3)C2c2ccc(O)cc2)cc1. The number of aliphatic hydroxyl groups is 1. The van der Waals surface area contributed by atoms with Crippen molar-refractivity contribution in [2.24, 2.45) is 0 Å². The van der Waals surface area contributed by atoms with E-state index in [2.05, 4.69) is 0 Å². The monoisotopic (exact) mass is 399 g/mol. The van der Waals surface area contributed by atoms with E-state index in [0.717, 1.165) is 12.0 Å². The third-order valence-electron chi connectivity index (χ3n) is 5.32. The number of phenolic OH excluding ortho intramolecular Hbond substituents is 1. The number of Topliss-reactive ketones (excluding diaryl/α,β-unsaturated/α-hetero) is 1. The number of aryl methyl sites for hydroxylation is 1. The van der Waals surface area contributed by atoms with Crippen LogP contribution in [0, 0.1) is 0 Å². The third-order valence-corrected chi connectivity index (χ3v) is 5.32. The van der Waals surface area contributed by atoms with Crippen molar-refractivity contribution in [3.05, 3.63) is 101 Å². The van der Waals surface area contributed by atoms with Crippen LogP contribution < -0.4 is 4.90 Å². The molecule has 5 nitrogen and oxygen atoms in total. The lowest BCUT2D eigenvalue weighted by Gasteiger charge is -2.25. The molecule has 1 aliphatic rings. The minimum absolute atomic E-state index is 0.0245. The highest BCUT2D eigenvalue weighted by atomic mass is 16.3. The smallest absolute Gasteiger partial charge is 0.300 e. The van der Waals surface area contributed by atoms with Gasteiger partial charge in [0.05, 0.1) is 11.6 Å². The second kappa shape index (κ2) is 7.87. The van der Waals surface area contributed by atoms with Gasteiger partial charge in [0.15, 0.2) is 0 Å². The highest BCUT2D eigenvalue weighted by Crippen LogP contribution is 2.42. The predicted octanol–water partition coefficient (Wildman–Crippen LogP) is 4.58. The normalized spacial score (nSPS) is 18.0. The molecule has 0 bridgehead atoms. The number of carbonyl (C=O) groups is 2. The molecule has 1 aliphatic heterocycles. The van der Waals surface area contributed by atoms with E-state index < -0.39 is 17.7 Å². The van der Waals surface area contributed by atoms with Crippen LogP contribution in [-0.4, -0.2) is 21.9 Å². The molecule has 0 spiro atoms. The lowest BCUT2D eigenvalue weighted by atomic mass is 9.95. The Kier molecular flexibility index (Phi) is 5.11. The van der Waals surface area contributed by atoms with E-state index in [9.17, 15) is 19.8 Å². The maximum Gasteiger partial charge on any atom is 0.300 e. The van der Waals surface area contributed by atoms with E-state index in [4.69, 9.17) is 0 Å². The molecule has 1 heterocycles. The number of benzene rings is 3. The van der Waals surface area contributed by atoms with E-state index in [-0.39, 0.29) is 17.1 Å². The van der Waals surface area contributed by atoms with Gasteiger partial charge >= 0.3 is 0 Å². The van der Waals surface area contributed by atoms with Gasteiger partial charge in [-0.3, -0.25) is 14.5 Å². The summed E-state index contributed by atoms with van der Waals surface area (Å²) in [5, 5.41) is 20.7. The standard InChI is InChI=1S/C25H21NO4/c1-2-16-8-12-19(13-9-16)26-22(17-10-14-20(27)15-11-17)21(24(29)25(26)30)23(28)18-6-4-3-5-7-18/h3-15,22,27-28H,2H2,1H3/b23-21+. The van der Waals surface area contributed by atoms with E-state index in [1.807, 2.05) is 25.1 Å². The molecule has 2 N–H and O–H groups in total. The number of amides is 1. The predicted molar refractivity (Wildman–Crippen MR) is 115 cm³/mol. The number of phenols is 1. The number of carbonyl (C=O) groups excluding carboxylic acids is 2. The Balaban J connectivity index is 1.92. The van der Waals surface area contributed by atoms with Gasteiger partial charge in [-0.15, -0.1) is 0 Å². The molecule has 1 unspecified atom stereocenters. The van der Waals surface area contributed by atoms with Crippen LogP contribution in [0.3, 0.4) is 0 Å². The summed E-state index contributed by atoms with van der Waals surface area (Å²) < 4.78 is 0. The molecule has 5 heteroatoms. The molecule has 1 atom stereocenters. The van der Waals surface area contributed by atoms with Gasteiger partial charge in [-0.25, -0.2) is 0 Å². The second-order valence-corrected chi connectivity index (χ2v) is 7.15. The first kappa shape index (κ1) is 19.5. The number of hydrogen-bond acceptors (Lipinski definition) is 4. The van der Waals surface area contributed by atoms with Gasteiger partial charge in [0, 0.05) is 11.3 Å². The first-order valence-electron chi connectivity index (χ1n) is 9.75. The number of anilines is 1. The highest BCUT2D eigenvalue weighted by Gasteiger charge is 2.46. The van der Waals surface area contributed by atoms with E-state index >= 15 is 0 Å². The molecule has 1 amide bonds. The Labute approximate surface area is 174 Å². The zero-order valence-corrected chi connectivity index (χ0v) is 16.4. The largest absolute Gasteiger partial charge is 0.508 e. The van der Waals surface area contributed by atoms with Crippen LogP contribution in [0.25, 0.3) is 5.76 Å². The molecule has 3 aromatic carbocycles. The Morgan fingerprint density at radius 2 is 1.53 bits per heavy atom. The molecule has 150 valence electrons. The zero-order valence-electron chi connectivity index (χ0n) is 16.4. The van der Waals surface area contributed by atoms with Crippen LogP contribution in [0.4, 0.5) is 5.69 Å². The summed E-state index contributed by atoms with van der Waals surface area (Å²) in [6.45, 7) is 2.04. The van der Waals surface area contributed by atoms with Crippen molar-refractivity contribution in [1.29, 1.82) is 0 Å². The summed E-state index contributed by atoms with van der Waals surface area (Å²) in [4.78, 5) is 27.5. The van der Waals surface area contributed by atoms with E-state index in [1.165, 1.54) is 17.0 Å². The van der Waals surface area contributed by atoms with Gasteiger partial charge in [-0.05, 0) is 41.8 Å². The van der Waals surface area contributed by atoms with E-state index in [1.54, 1.807) is 48.5 Å². The molecular weight excluding hydrogens is 378 g/mol. The van der Waals surface area contributed by atoms with Gasteiger partial charge in [0.2, 0.25) is 0 Å². The fourth-order valence-electron chi connectivity index (χ4n) is 3.71. The molecule has 0 saturated carbocycles. The summed E-state index contributed by atoms with van der Waals surface area (Å²) >= 11 is 0. The Morgan fingerprint density at radius 1 is 0.900 bits per heavy atom. The number of aromatic hydroxyl groups is 1. The molecule has 0 aliphatic carbocycles. The summed E-state index contributed by atoms with van der Waals surface area (Å²) in [7, 11) is 0. The number of nitrogens with zero attached hydrogens (tertiary/aromatic N) is 1. The fraction of sp³-hybridized carbons (Fsp3) is 0.120. The molecule has 1 fully saturated rings. The quantitative estimate of drug-likeness (QED) is 0.382. The molecule has 0 radical (unpaired) electrons. The maximum absolute atomic E-state index is 13.0. The van der Waals surface area contributed by atoms with Gasteiger partial charge < -0.3 is 10.2 Å². The number of ketones is 1. The van der Waals surface area contributed by atoms with Crippen molar-refractivity contribution >= 4 is 23.1 Å². The van der Waals surface area contributed by atoms with Crippen LogP contribution in [0.2, 0.25) is 0 Å². The van der Waals surface area contributed by atoms with Gasteiger partial charge in [0.25, 0.3) is 11.7 Å². The van der Waals surface area contributed by atoms with Crippen LogP contribution in [0.5, 0.6) is 5.75 Å². The molecule has 30 heavy (non-hydrogen) atoms. The van der Waals surface area contributed by atoms with Gasteiger partial charge in [-0.1, -0.05) is 61.5 Å². The molecule has 0 aromatic heterocycles. The number of hydrogen-bond donors (Lipinski definition) is 2. The minimum atomic E-state index is -0.807. The zero-order chi connectivity index (χ0) is 21.3. The van der Waals surface area contributed by atoms with Crippen molar-refractivity contribution in [1.82, 2.24) is 0 Å². The average Bonchev–Trinajstić information content (AvgIpc) is 3.05. The second-order valence-electron chi connectivity index (χ2n) is 7.15. The lowest BCUT2D eigenvalue weighted by molar-refractivity contribution is -0.132. The summed E-state index contributed by atoms with van der Waals surface area (Å²) in [5.41, 5.74) is 2.78. The summed E-state index contributed by atoms with van der Waals surface area (Å²) in [5.74, 6) is -1.59. The summed E-state index contributed by atoms with van der Waals surface area (Å²) in [6.07, 6.45) is 0.856. The average molecular weight is 399 g/mol. The van der Waals surface area contributed by atoms with Crippen molar-refractivity contribution in [3.8, 4) is 5.75 Å². The third kappa shape index (κ3) is 3.35.